The summed E-state index contributed by atoms with van der Waals surface area (Å²) in [6.45, 7) is 0.0346. The number of benzene rings is 1. The third-order valence-corrected chi connectivity index (χ3v) is 2.37. The van der Waals surface area contributed by atoms with E-state index >= 15 is 0 Å². The fourth-order valence-electron chi connectivity index (χ4n) is 1.48. The van der Waals surface area contributed by atoms with Gasteiger partial charge in [0.2, 0.25) is 0 Å². The van der Waals surface area contributed by atoms with E-state index in [1.165, 1.54) is 6.20 Å². The normalized spacial score (nSPS) is 10.1. The van der Waals surface area contributed by atoms with Gasteiger partial charge in [-0.25, -0.2) is 0 Å². The highest BCUT2D eigenvalue weighted by Gasteiger charge is 1.99. The molecule has 0 bridgehead atoms. The zero-order valence-electron chi connectivity index (χ0n) is 8.63. The van der Waals surface area contributed by atoms with Crippen LogP contribution in [0.25, 0.3) is 11.1 Å². The molecule has 1 aromatic carbocycles. The second-order valence-electron chi connectivity index (χ2n) is 3.48. The number of carbonyl (C=O) groups is 1. The summed E-state index contributed by atoms with van der Waals surface area (Å²) in [5.41, 5.74) is 3.30. The van der Waals surface area contributed by atoms with Crippen LogP contribution in [0, 0.1) is 0 Å². The van der Waals surface area contributed by atoms with E-state index in [4.69, 9.17) is 5.11 Å². The van der Waals surface area contributed by atoms with Gasteiger partial charge in [-0.3, -0.25) is 9.78 Å². The summed E-state index contributed by atoms with van der Waals surface area (Å²) < 4.78 is 0. The van der Waals surface area contributed by atoms with Crippen LogP contribution in [0.1, 0.15) is 15.9 Å². The molecule has 1 aromatic heterocycles. The number of rotatable bonds is 3. The maximum atomic E-state index is 10.6. The van der Waals surface area contributed by atoms with Crippen molar-refractivity contribution in [3.63, 3.8) is 0 Å². The molecule has 0 amide bonds. The quantitative estimate of drug-likeness (QED) is 0.794. The molecule has 1 N–H and O–H groups in total. The lowest BCUT2D eigenvalue weighted by Gasteiger charge is -2.02. The summed E-state index contributed by atoms with van der Waals surface area (Å²) in [6, 6.07) is 9.29. The molecule has 0 saturated carbocycles. The summed E-state index contributed by atoms with van der Waals surface area (Å²) in [7, 11) is 0. The van der Waals surface area contributed by atoms with Gasteiger partial charge in [0.1, 0.15) is 0 Å². The summed E-state index contributed by atoms with van der Waals surface area (Å²) >= 11 is 0. The van der Waals surface area contributed by atoms with Crippen molar-refractivity contribution in [2.45, 2.75) is 6.61 Å². The fraction of sp³-hybridized carbons (Fsp3) is 0.0769. The van der Waals surface area contributed by atoms with Gasteiger partial charge >= 0.3 is 0 Å². The van der Waals surface area contributed by atoms with Gasteiger partial charge in [0.25, 0.3) is 0 Å². The molecule has 0 fully saturated rings. The fourth-order valence-corrected chi connectivity index (χ4v) is 1.48. The van der Waals surface area contributed by atoms with Crippen molar-refractivity contribution in [3.05, 3.63) is 53.9 Å². The Morgan fingerprint density at radius 1 is 1.12 bits per heavy atom. The van der Waals surface area contributed by atoms with Crippen molar-refractivity contribution < 1.29 is 9.90 Å². The third kappa shape index (κ3) is 2.15. The Kier molecular flexibility index (Phi) is 3.08. The van der Waals surface area contributed by atoms with Crippen molar-refractivity contribution in [2.75, 3.05) is 0 Å². The number of aromatic nitrogens is 1. The molecule has 0 spiro atoms. The van der Waals surface area contributed by atoms with Crippen LogP contribution in [0.2, 0.25) is 0 Å². The number of aldehydes is 1. The molecular formula is C13H11NO2. The monoisotopic (exact) mass is 213 g/mol. The second kappa shape index (κ2) is 4.68. The predicted molar refractivity (Wildman–Crippen MR) is 61.0 cm³/mol. The molecule has 0 atom stereocenters. The van der Waals surface area contributed by atoms with E-state index in [1.807, 2.05) is 24.3 Å². The lowest BCUT2D eigenvalue weighted by molar-refractivity contribution is 0.112. The van der Waals surface area contributed by atoms with E-state index in [0.717, 1.165) is 23.0 Å². The summed E-state index contributed by atoms with van der Waals surface area (Å²) in [6.07, 6.45) is 4.01. The van der Waals surface area contributed by atoms with Crippen molar-refractivity contribution in [1.29, 1.82) is 0 Å². The topological polar surface area (TPSA) is 50.2 Å². The first-order valence-corrected chi connectivity index (χ1v) is 4.94. The lowest BCUT2D eigenvalue weighted by atomic mass is 10.0. The largest absolute Gasteiger partial charge is 0.392 e. The lowest BCUT2D eigenvalue weighted by Crippen LogP contribution is -1.87. The van der Waals surface area contributed by atoms with Crippen LogP contribution < -0.4 is 0 Å². The molecule has 16 heavy (non-hydrogen) atoms. The number of hydrogen-bond acceptors (Lipinski definition) is 3. The van der Waals surface area contributed by atoms with Crippen LogP contribution in [-0.4, -0.2) is 16.4 Å². The Labute approximate surface area is 93.4 Å². The smallest absolute Gasteiger partial charge is 0.151 e. The highest BCUT2D eigenvalue weighted by atomic mass is 16.3. The van der Waals surface area contributed by atoms with Crippen molar-refractivity contribution in [1.82, 2.24) is 4.98 Å². The van der Waals surface area contributed by atoms with Crippen molar-refractivity contribution >= 4 is 6.29 Å². The van der Waals surface area contributed by atoms with Gasteiger partial charge in [0.15, 0.2) is 6.29 Å². The molecule has 80 valence electrons. The minimum Gasteiger partial charge on any atom is -0.392 e. The number of pyridine rings is 1. The summed E-state index contributed by atoms with van der Waals surface area (Å²) in [4.78, 5) is 14.6. The number of nitrogens with zero attached hydrogens (tertiary/aromatic N) is 1. The van der Waals surface area contributed by atoms with Crippen molar-refractivity contribution in [2.24, 2.45) is 0 Å². The van der Waals surface area contributed by atoms with Gasteiger partial charge in [0, 0.05) is 23.5 Å². The molecule has 0 aliphatic heterocycles. The molecule has 0 radical (unpaired) electrons. The van der Waals surface area contributed by atoms with E-state index in [-0.39, 0.29) is 6.61 Å². The van der Waals surface area contributed by atoms with Gasteiger partial charge in [-0.2, -0.15) is 0 Å². The SMILES string of the molecule is O=Cc1cncc(-c2ccc(CO)cc2)c1. The highest BCUT2D eigenvalue weighted by Crippen LogP contribution is 2.19. The van der Waals surface area contributed by atoms with Gasteiger partial charge in [-0.1, -0.05) is 24.3 Å². The highest BCUT2D eigenvalue weighted by molar-refractivity contribution is 5.77. The standard InChI is InChI=1S/C13H11NO2/c15-8-10-1-3-12(4-2-10)13-5-11(9-16)6-14-7-13/h1-7,9,15H,8H2. The van der Waals surface area contributed by atoms with E-state index in [2.05, 4.69) is 4.98 Å². The molecule has 2 aromatic rings. The zero-order valence-corrected chi connectivity index (χ0v) is 8.63. The first-order chi connectivity index (χ1) is 7.83. The van der Waals surface area contributed by atoms with Crippen LogP contribution in [-0.2, 0) is 6.61 Å². The second-order valence-corrected chi connectivity index (χ2v) is 3.48. The molecular weight excluding hydrogens is 202 g/mol. The molecule has 0 unspecified atom stereocenters. The zero-order chi connectivity index (χ0) is 11.4. The van der Waals surface area contributed by atoms with Crippen LogP contribution in [0.5, 0.6) is 0 Å². The summed E-state index contributed by atoms with van der Waals surface area (Å²) in [5.74, 6) is 0. The van der Waals surface area contributed by atoms with Gasteiger partial charge in [-0.05, 0) is 17.2 Å². The molecule has 0 aliphatic rings. The van der Waals surface area contributed by atoms with Crippen LogP contribution in [0.4, 0.5) is 0 Å². The maximum absolute atomic E-state index is 10.6. The maximum Gasteiger partial charge on any atom is 0.151 e. The van der Waals surface area contributed by atoms with E-state index in [0.29, 0.717) is 5.56 Å². The number of aliphatic hydroxyl groups excluding tert-OH is 1. The molecule has 1 heterocycles. The summed E-state index contributed by atoms with van der Waals surface area (Å²) in [5, 5.41) is 8.92. The van der Waals surface area contributed by atoms with E-state index < -0.39 is 0 Å². The predicted octanol–water partition coefficient (Wildman–Crippen LogP) is 2.05. The van der Waals surface area contributed by atoms with Gasteiger partial charge < -0.3 is 5.11 Å². The Morgan fingerprint density at radius 2 is 1.88 bits per heavy atom. The Hall–Kier alpha value is -2.00. The number of hydrogen-bond donors (Lipinski definition) is 1. The molecule has 3 nitrogen and oxygen atoms in total. The molecule has 0 aliphatic carbocycles. The van der Waals surface area contributed by atoms with Crippen LogP contribution in [0.3, 0.4) is 0 Å². The minimum absolute atomic E-state index is 0.0346. The third-order valence-electron chi connectivity index (χ3n) is 2.37. The van der Waals surface area contributed by atoms with Gasteiger partial charge in [0.05, 0.1) is 6.61 Å². The average molecular weight is 213 g/mol. The Morgan fingerprint density at radius 3 is 2.50 bits per heavy atom. The number of carbonyl (C=O) groups excluding carboxylic acids is 1. The van der Waals surface area contributed by atoms with Crippen LogP contribution in [0.15, 0.2) is 42.7 Å². The molecule has 3 heteroatoms. The Bertz CT molecular complexity index is 492. The molecule has 2 rings (SSSR count). The van der Waals surface area contributed by atoms with Gasteiger partial charge in [-0.15, -0.1) is 0 Å². The average Bonchev–Trinajstić information content (AvgIpc) is 2.39. The number of aliphatic hydroxyl groups is 1. The van der Waals surface area contributed by atoms with Crippen molar-refractivity contribution in [3.8, 4) is 11.1 Å². The van der Waals surface area contributed by atoms with E-state index in [9.17, 15) is 4.79 Å². The Balaban J connectivity index is 2.38. The first-order valence-electron chi connectivity index (χ1n) is 4.94. The first kappa shape index (κ1) is 10.5. The van der Waals surface area contributed by atoms with E-state index in [1.54, 1.807) is 12.3 Å². The van der Waals surface area contributed by atoms with Crippen LogP contribution >= 0.6 is 0 Å². The molecule has 0 saturated heterocycles. The minimum atomic E-state index is 0.0346.